The van der Waals surface area contributed by atoms with Gasteiger partial charge in [-0.05, 0) is 23.1 Å². The third-order valence-corrected chi connectivity index (χ3v) is 3.71. The molecule has 2 rings (SSSR count). The summed E-state index contributed by atoms with van der Waals surface area (Å²) in [5, 5.41) is 13.0. The van der Waals surface area contributed by atoms with Gasteiger partial charge in [-0.2, -0.15) is 0 Å². The summed E-state index contributed by atoms with van der Waals surface area (Å²) in [6.45, 7) is 6.31. The lowest BCUT2D eigenvalue weighted by Gasteiger charge is -2.18. The van der Waals surface area contributed by atoms with Gasteiger partial charge in [0.25, 0.3) is 5.91 Å². The first-order valence-electron chi connectivity index (χ1n) is 6.38. The van der Waals surface area contributed by atoms with Crippen LogP contribution in [0.3, 0.4) is 0 Å². The van der Waals surface area contributed by atoms with Gasteiger partial charge in [0.2, 0.25) is 0 Å². The Hall–Kier alpha value is -2.21. The highest BCUT2D eigenvalue weighted by atomic mass is 32.1. The first-order chi connectivity index (χ1) is 9.77. The molecule has 0 bridgehead atoms. The smallest absolute Gasteiger partial charge is 0.355 e. The van der Waals surface area contributed by atoms with E-state index < -0.39 is 5.97 Å². The van der Waals surface area contributed by atoms with Crippen molar-refractivity contribution in [2.75, 3.05) is 5.32 Å². The van der Waals surface area contributed by atoms with Crippen molar-refractivity contribution in [3.05, 3.63) is 46.5 Å². The van der Waals surface area contributed by atoms with Crippen molar-refractivity contribution >= 4 is 28.3 Å². The minimum atomic E-state index is -1.11. The molecule has 2 aromatic rings. The molecule has 1 aromatic heterocycles. The molecule has 6 heteroatoms. The van der Waals surface area contributed by atoms with Crippen LogP contribution in [-0.2, 0) is 5.41 Å². The highest BCUT2D eigenvalue weighted by molar-refractivity contribution is 7.14. The summed E-state index contributed by atoms with van der Waals surface area (Å²) in [7, 11) is 0. The van der Waals surface area contributed by atoms with Crippen molar-refractivity contribution in [1.82, 2.24) is 4.98 Å². The van der Waals surface area contributed by atoms with E-state index in [-0.39, 0.29) is 22.1 Å². The molecule has 5 nitrogen and oxygen atoms in total. The number of carbonyl (C=O) groups is 2. The van der Waals surface area contributed by atoms with Gasteiger partial charge in [0, 0.05) is 10.9 Å². The van der Waals surface area contributed by atoms with Crippen LogP contribution >= 0.6 is 11.3 Å². The van der Waals surface area contributed by atoms with Crippen LogP contribution in [0.5, 0.6) is 0 Å². The number of anilines is 1. The second-order valence-electron chi connectivity index (χ2n) is 5.62. The molecule has 0 radical (unpaired) electrons. The molecule has 0 aliphatic carbocycles. The van der Waals surface area contributed by atoms with Crippen LogP contribution in [0.15, 0.2) is 29.6 Å². The summed E-state index contributed by atoms with van der Waals surface area (Å²) in [5.41, 5.74) is 1.61. The Balaban J connectivity index is 2.11. The Kier molecular flexibility index (Phi) is 4.09. The second kappa shape index (κ2) is 5.65. The summed E-state index contributed by atoms with van der Waals surface area (Å²) >= 11 is 1.08. The van der Waals surface area contributed by atoms with E-state index in [1.54, 1.807) is 12.1 Å². The normalized spacial score (nSPS) is 11.2. The fraction of sp³-hybridized carbons (Fsp3) is 0.267. The van der Waals surface area contributed by atoms with Gasteiger partial charge in [-0.15, -0.1) is 11.3 Å². The maximum Gasteiger partial charge on any atom is 0.355 e. The van der Waals surface area contributed by atoms with Crippen LogP contribution in [0.4, 0.5) is 5.13 Å². The molecule has 0 atom stereocenters. The fourth-order valence-electron chi connectivity index (χ4n) is 1.72. The van der Waals surface area contributed by atoms with Crippen LogP contribution < -0.4 is 5.32 Å². The molecule has 0 aliphatic rings. The molecule has 2 N–H and O–H groups in total. The van der Waals surface area contributed by atoms with Crippen molar-refractivity contribution in [3.8, 4) is 0 Å². The molecule has 1 aromatic carbocycles. The number of benzene rings is 1. The molecule has 0 spiro atoms. The minimum Gasteiger partial charge on any atom is -0.476 e. The van der Waals surface area contributed by atoms with E-state index in [9.17, 15) is 9.59 Å². The van der Waals surface area contributed by atoms with Gasteiger partial charge in [-0.25, -0.2) is 9.78 Å². The van der Waals surface area contributed by atoms with Crippen molar-refractivity contribution in [2.45, 2.75) is 26.2 Å². The minimum absolute atomic E-state index is 0.0285. The molecule has 0 saturated heterocycles. The summed E-state index contributed by atoms with van der Waals surface area (Å²) in [6.07, 6.45) is 0. The topological polar surface area (TPSA) is 79.3 Å². The number of aromatic nitrogens is 1. The van der Waals surface area contributed by atoms with Gasteiger partial charge in [-0.3, -0.25) is 10.1 Å². The van der Waals surface area contributed by atoms with Crippen LogP contribution in [0.1, 0.15) is 47.2 Å². The number of nitrogens with one attached hydrogen (secondary N) is 1. The predicted octanol–water partition coefficient (Wildman–Crippen LogP) is 3.39. The third kappa shape index (κ3) is 3.66. The number of amides is 1. The molecule has 0 aliphatic heterocycles. The molecular weight excluding hydrogens is 288 g/mol. The number of carboxylic acid groups (broad SMARTS) is 1. The molecule has 110 valence electrons. The summed E-state index contributed by atoms with van der Waals surface area (Å²) in [5.74, 6) is -1.41. The van der Waals surface area contributed by atoms with Crippen molar-refractivity contribution in [2.24, 2.45) is 0 Å². The van der Waals surface area contributed by atoms with Crippen LogP contribution in [0, 0.1) is 0 Å². The highest BCUT2D eigenvalue weighted by Crippen LogP contribution is 2.22. The molecule has 0 saturated carbocycles. The number of rotatable bonds is 3. The van der Waals surface area contributed by atoms with Gasteiger partial charge >= 0.3 is 5.97 Å². The quantitative estimate of drug-likeness (QED) is 0.911. The number of hydrogen-bond acceptors (Lipinski definition) is 4. The van der Waals surface area contributed by atoms with Crippen molar-refractivity contribution in [3.63, 3.8) is 0 Å². The summed E-state index contributed by atoms with van der Waals surface area (Å²) in [6, 6.07) is 7.34. The SMILES string of the molecule is CC(C)(C)c1ccc(C(=O)Nc2nc(C(=O)O)cs2)cc1. The van der Waals surface area contributed by atoms with E-state index in [2.05, 4.69) is 31.1 Å². The molecule has 1 amide bonds. The zero-order valence-corrected chi connectivity index (χ0v) is 12.8. The lowest BCUT2D eigenvalue weighted by atomic mass is 9.87. The van der Waals surface area contributed by atoms with Crippen LogP contribution in [-0.4, -0.2) is 22.0 Å². The average Bonchev–Trinajstić information content (AvgIpc) is 2.86. The molecular formula is C15H16N2O3S. The van der Waals surface area contributed by atoms with E-state index in [1.165, 1.54) is 5.38 Å². The summed E-state index contributed by atoms with van der Waals surface area (Å²) in [4.78, 5) is 26.6. The number of aromatic carboxylic acids is 1. The molecule has 0 unspecified atom stereocenters. The number of thiazole rings is 1. The standard InChI is InChI=1S/C15H16N2O3S/c1-15(2,3)10-6-4-9(5-7-10)12(18)17-14-16-11(8-21-14)13(19)20/h4-8H,1-3H3,(H,19,20)(H,16,17,18). The zero-order chi connectivity index (χ0) is 15.6. The molecule has 0 fully saturated rings. The van der Waals surface area contributed by atoms with E-state index in [1.807, 2.05) is 12.1 Å². The first-order valence-corrected chi connectivity index (χ1v) is 7.26. The number of hydrogen-bond donors (Lipinski definition) is 2. The number of carbonyl (C=O) groups excluding carboxylic acids is 1. The van der Waals surface area contributed by atoms with Gasteiger partial charge in [-0.1, -0.05) is 32.9 Å². The Morgan fingerprint density at radius 2 is 1.81 bits per heavy atom. The monoisotopic (exact) mass is 304 g/mol. The largest absolute Gasteiger partial charge is 0.476 e. The van der Waals surface area contributed by atoms with Crippen molar-refractivity contribution < 1.29 is 14.7 Å². The fourth-order valence-corrected chi connectivity index (χ4v) is 2.40. The lowest BCUT2D eigenvalue weighted by Crippen LogP contribution is -2.14. The van der Waals surface area contributed by atoms with Gasteiger partial charge in [0.05, 0.1) is 0 Å². The Morgan fingerprint density at radius 1 is 1.19 bits per heavy atom. The van der Waals surface area contributed by atoms with E-state index >= 15 is 0 Å². The predicted molar refractivity (Wildman–Crippen MR) is 82.2 cm³/mol. The second-order valence-corrected chi connectivity index (χ2v) is 6.48. The molecule has 1 heterocycles. The number of carboxylic acids is 1. The highest BCUT2D eigenvalue weighted by Gasteiger charge is 2.15. The van der Waals surface area contributed by atoms with Crippen LogP contribution in [0.25, 0.3) is 0 Å². The third-order valence-electron chi connectivity index (χ3n) is 2.96. The van der Waals surface area contributed by atoms with Crippen molar-refractivity contribution in [1.29, 1.82) is 0 Å². The first kappa shape index (κ1) is 15.2. The van der Waals surface area contributed by atoms with Gasteiger partial charge in [0.15, 0.2) is 10.8 Å². The average molecular weight is 304 g/mol. The van der Waals surface area contributed by atoms with Crippen LogP contribution in [0.2, 0.25) is 0 Å². The van der Waals surface area contributed by atoms with Gasteiger partial charge < -0.3 is 5.11 Å². The Labute approximate surface area is 126 Å². The lowest BCUT2D eigenvalue weighted by molar-refractivity contribution is 0.0691. The van der Waals surface area contributed by atoms with E-state index in [0.29, 0.717) is 5.56 Å². The van der Waals surface area contributed by atoms with Gasteiger partial charge in [0.1, 0.15) is 0 Å². The maximum atomic E-state index is 12.1. The summed E-state index contributed by atoms with van der Waals surface area (Å²) < 4.78 is 0. The van der Waals surface area contributed by atoms with E-state index in [4.69, 9.17) is 5.11 Å². The number of nitrogens with zero attached hydrogens (tertiary/aromatic N) is 1. The maximum absolute atomic E-state index is 12.1. The zero-order valence-electron chi connectivity index (χ0n) is 12.0. The van der Waals surface area contributed by atoms with E-state index in [0.717, 1.165) is 16.9 Å². The molecule has 21 heavy (non-hydrogen) atoms. The Bertz CT molecular complexity index is 669. The Morgan fingerprint density at radius 3 is 2.29 bits per heavy atom.